The molecule has 25 heavy (non-hydrogen) atoms. The summed E-state index contributed by atoms with van der Waals surface area (Å²) in [5.41, 5.74) is 1.22. The van der Waals surface area contributed by atoms with Gasteiger partial charge < -0.3 is 24.8 Å². The number of benzene rings is 1. The SMILES string of the molecule is CN=C(NCCCOCC1CC1)NCCc1ccc2c(c1)OCO2.I. The van der Waals surface area contributed by atoms with E-state index in [1.54, 1.807) is 7.05 Å². The number of hydrogen-bond donors (Lipinski definition) is 2. The normalized spacial score (nSPS) is 15.6. The predicted octanol–water partition coefficient (Wildman–Crippen LogP) is 2.56. The van der Waals surface area contributed by atoms with Gasteiger partial charge in [0.1, 0.15) is 0 Å². The van der Waals surface area contributed by atoms with Crippen LogP contribution in [0.15, 0.2) is 23.2 Å². The Hall–Kier alpha value is -1.22. The van der Waals surface area contributed by atoms with Crippen molar-refractivity contribution >= 4 is 29.9 Å². The molecular weight excluding hydrogens is 433 g/mol. The van der Waals surface area contributed by atoms with Crippen molar-refractivity contribution in [2.45, 2.75) is 25.7 Å². The van der Waals surface area contributed by atoms with Gasteiger partial charge in [-0.05, 0) is 49.3 Å². The quantitative estimate of drug-likeness (QED) is 0.256. The van der Waals surface area contributed by atoms with Crippen LogP contribution in [0.2, 0.25) is 0 Å². The van der Waals surface area contributed by atoms with Gasteiger partial charge in [0.15, 0.2) is 17.5 Å². The average Bonchev–Trinajstić information content (AvgIpc) is 3.31. The molecule has 1 saturated carbocycles. The minimum atomic E-state index is 0. The first-order chi connectivity index (χ1) is 11.8. The van der Waals surface area contributed by atoms with Crippen molar-refractivity contribution in [3.63, 3.8) is 0 Å². The van der Waals surface area contributed by atoms with E-state index in [2.05, 4.69) is 21.7 Å². The average molecular weight is 461 g/mol. The van der Waals surface area contributed by atoms with Crippen LogP contribution in [0.5, 0.6) is 11.5 Å². The molecule has 0 atom stereocenters. The number of nitrogens with one attached hydrogen (secondary N) is 2. The second-order valence-electron chi connectivity index (χ2n) is 6.24. The first kappa shape index (κ1) is 20.1. The summed E-state index contributed by atoms with van der Waals surface area (Å²) in [6, 6.07) is 6.08. The third-order valence-corrected chi connectivity index (χ3v) is 4.18. The smallest absolute Gasteiger partial charge is 0.231 e. The molecular formula is C18H28IN3O3. The van der Waals surface area contributed by atoms with Crippen molar-refractivity contribution in [2.75, 3.05) is 40.1 Å². The summed E-state index contributed by atoms with van der Waals surface area (Å²) in [4.78, 5) is 4.24. The van der Waals surface area contributed by atoms with Crippen molar-refractivity contribution in [3.05, 3.63) is 23.8 Å². The molecule has 0 radical (unpaired) electrons. The van der Waals surface area contributed by atoms with Crippen LogP contribution < -0.4 is 20.1 Å². The topological polar surface area (TPSA) is 64.1 Å². The van der Waals surface area contributed by atoms with E-state index in [-0.39, 0.29) is 24.0 Å². The molecule has 7 heteroatoms. The molecule has 3 rings (SSSR count). The maximum absolute atomic E-state index is 5.63. The van der Waals surface area contributed by atoms with E-state index in [0.29, 0.717) is 6.79 Å². The van der Waals surface area contributed by atoms with E-state index in [1.807, 2.05) is 12.1 Å². The van der Waals surface area contributed by atoms with Crippen molar-refractivity contribution in [1.29, 1.82) is 0 Å². The van der Waals surface area contributed by atoms with Crippen molar-refractivity contribution in [3.8, 4) is 11.5 Å². The van der Waals surface area contributed by atoms with Crippen LogP contribution in [0.4, 0.5) is 0 Å². The summed E-state index contributed by atoms with van der Waals surface area (Å²) in [6.45, 7) is 3.75. The van der Waals surface area contributed by atoms with E-state index in [9.17, 15) is 0 Å². The number of aliphatic imine (C=N–C) groups is 1. The first-order valence-electron chi connectivity index (χ1n) is 8.76. The fourth-order valence-corrected chi connectivity index (χ4v) is 2.56. The highest BCUT2D eigenvalue weighted by Gasteiger charge is 2.20. The predicted molar refractivity (Wildman–Crippen MR) is 109 cm³/mol. The van der Waals surface area contributed by atoms with E-state index >= 15 is 0 Å². The number of halogens is 1. The molecule has 0 spiro atoms. The van der Waals surface area contributed by atoms with Gasteiger partial charge in [-0.1, -0.05) is 6.07 Å². The monoisotopic (exact) mass is 461 g/mol. The zero-order valence-electron chi connectivity index (χ0n) is 14.8. The van der Waals surface area contributed by atoms with Crippen LogP contribution >= 0.6 is 24.0 Å². The summed E-state index contributed by atoms with van der Waals surface area (Å²) in [7, 11) is 1.79. The Morgan fingerprint density at radius 1 is 1.20 bits per heavy atom. The molecule has 6 nitrogen and oxygen atoms in total. The minimum Gasteiger partial charge on any atom is -0.454 e. The third kappa shape index (κ3) is 6.89. The van der Waals surface area contributed by atoms with Crippen LogP contribution in [0, 0.1) is 5.92 Å². The summed E-state index contributed by atoms with van der Waals surface area (Å²) in [5, 5.41) is 6.65. The Labute approximate surface area is 166 Å². The van der Waals surface area contributed by atoms with Crippen LogP contribution in [-0.2, 0) is 11.2 Å². The highest BCUT2D eigenvalue weighted by Crippen LogP contribution is 2.32. The van der Waals surface area contributed by atoms with Gasteiger partial charge in [0.2, 0.25) is 6.79 Å². The summed E-state index contributed by atoms with van der Waals surface area (Å²) in [6.07, 6.45) is 4.59. The number of ether oxygens (including phenoxy) is 3. The largest absolute Gasteiger partial charge is 0.454 e. The molecule has 0 aromatic heterocycles. The van der Waals surface area contributed by atoms with Gasteiger partial charge in [0, 0.05) is 33.4 Å². The number of fused-ring (bicyclic) bond motifs is 1. The molecule has 1 aromatic rings. The fraction of sp³-hybridized carbons (Fsp3) is 0.611. The second kappa shape index (κ2) is 10.7. The van der Waals surface area contributed by atoms with Crippen LogP contribution in [-0.4, -0.2) is 46.1 Å². The van der Waals surface area contributed by atoms with Crippen molar-refractivity contribution in [2.24, 2.45) is 10.9 Å². The molecule has 2 N–H and O–H groups in total. The summed E-state index contributed by atoms with van der Waals surface area (Å²) < 4.78 is 16.4. The van der Waals surface area contributed by atoms with Gasteiger partial charge in [-0.15, -0.1) is 24.0 Å². The molecule has 0 amide bonds. The van der Waals surface area contributed by atoms with Gasteiger partial charge in [-0.25, -0.2) is 0 Å². The fourth-order valence-electron chi connectivity index (χ4n) is 2.56. The number of guanidine groups is 1. The molecule has 1 aliphatic heterocycles. The molecule has 0 unspecified atom stereocenters. The highest BCUT2D eigenvalue weighted by molar-refractivity contribution is 14.0. The standard InChI is InChI=1S/C18H27N3O3.HI/c1-19-18(20-8-2-10-22-12-15-3-4-15)21-9-7-14-5-6-16-17(11-14)24-13-23-16;/h5-6,11,15H,2-4,7-10,12-13H2,1H3,(H2,19,20,21);1H. The molecule has 1 fully saturated rings. The highest BCUT2D eigenvalue weighted by atomic mass is 127. The van der Waals surface area contributed by atoms with E-state index < -0.39 is 0 Å². The van der Waals surface area contributed by atoms with Gasteiger partial charge in [0.25, 0.3) is 0 Å². The van der Waals surface area contributed by atoms with Gasteiger partial charge in [-0.2, -0.15) is 0 Å². The number of hydrogen-bond acceptors (Lipinski definition) is 4. The van der Waals surface area contributed by atoms with Crippen LogP contribution in [0.1, 0.15) is 24.8 Å². The number of rotatable bonds is 9. The molecule has 1 aromatic carbocycles. The van der Waals surface area contributed by atoms with Gasteiger partial charge in [0.05, 0.1) is 0 Å². The lowest BCUT2D eigenvalue weighted by molar-refractivity contribution is 0.123. The van der Waals surface area contributed by atoms with E-state index in [1.165, 1.54) is 18.4 Å². The summed E-state index contributed by atoms with van der Waals surface area (Å²) >= 11 is 0. The Morgan fingerprint density at radius 2 is 2.00 bits per heavy atom. The van der Waals surface area contributed by atoms with Crippen molar-refractivity contribution < 1.29 is 14.2 Å². The lowest BCUT2D eigenvalue weighted by Gasteiger charge is -2.12. The molecule has 1 aliphatic carbocycles. The molecule has 2 aliphatic rings. The lowest BCUT2D eigenvalue weighted by atomic mass is 10.1. The number of nitrogens with zero attached hydrogens (tertiary/aromatic N) is 1. The Bertz CT molecular complexity index is 564. The van der Waals surface area contributed by atoms with E-state index in [4.69, 9.17) is 14.2 Å². The Kier molecular flexibility index (Phi) is 8.60. The zero-order valence-corrected chi connectivity index (χ0v) is 17.1. The maximum Gasteiger partial charge on any atom is 0.231 e. The maximum atomic E-state index is 5.63. The third-order valence-electron chi connectivity index (χ3n) is 4.18. The molecule has 140 valence electrons. The Morgan fingerprint density at radius 3 is 2.80 bits per heavy atom. The second-order valence-corrected chi connectivity index (χ2v) is 6.24. The van der Waals surface area contributed by atoms with Gasteiger partial charge in [-0.3, -0.25) is 4.99 Å². The Balaban J connectivity index is 0.00000225. The summed E-state index contributed by atoms with van der Waals surface area (Å²) in [5.74, 6) is 3.33. The molecule has 0 saturated heterocycles. The first-order valence-corrected chi connectivity index (χ1v) is 8.76. The van der Waals surface area contributed by atoms with Gasteiger partial charge >= 0.3 is 0 Å². The zero-order chi connectivity index (χ0) is 16.6. The van der Waals surface area contributed by atoms with Crippen LogP contribution in [0.3, 0.4) is 0 Å². The molecule has 1 heterocycles. The van der Waals surface area contributed by atoms with Crippen LogP contribution in [0.25, 0.3) is 0 Å². The van der Waals surface area contributed by atoms with E-state index in [0.717, 1.165) is 62.5 Å². The molecule has 0 bridgehead atoms. The lowest BCUT2D eigenvalue weighted by Crippen LogP contribution is -2.39. The van der Waals surface area contributed by atoms with Crippen molar-refractivity contribution in [1.82, 2.24) is 10.6 Å². The minimum absolute atomic E-state index is 0.